The summed E-state index contributed by atoms with van der Waals surface area (Å²) in [5.74, 6) is -2.21. The second-order valence-electron chi connectivity index (χ2n) is 28.1. The number of phosphoric acid groups is 2. The van der Waals surface area contributed by atoms with Crippen molar-refractivity contribution in [3.05, 3.63) is 60.8 Å². The topological polar surface area (TPSA) is 237 Å². The van der Waals surface area contributed by atoms with Gasteiger partial charge in [0.2, 0.25) is 0 Å². The van der Waals surface area contributed by atoms with Gasteiger partial charge in [-0.05, 0) is 89.9 Å². The van der Waals surface area contributed by atoms with E-state index >= 15 is 0 Å². The molecule has 0 aliphatic rings. The van der Waals surface area contributed by atoms with Crippen molar-refractivity contribution in [3.8, 4) is 0 Å². The van der Waals surface area contributed by atoms with Crippen LogP contribution in [0.4, 0.5) is 0 Å². The Hall–Kier alpha value is -3.24. The third-order valence-corrected chi connectivity index (χ3v) is 19.9. The molecule has 0 bridgehead atoms. The molecule has 0 heterocycles. The van der Waals surface area contributed by atoms with Gasteiger partial charge in [-0.1, -0.05) is 332 Å². The van der Waals surface area contributed by atoms with Crippen molar-refractivity contribution in [1.82, 2.24) is 0 Å². The maximum atomic E-state index is 13.1. The fourth-order valence-electron chi connectivity index (χ4n) is 11.6. The summed E-state index contributed by atoms with van der Waals surface area (Å²) in [6.45, 7) is 4.86. The third kappa shape index (κ3) is 75.0. The summed E-state index contributed by atoms with van der Waals surface area (Å²) in [6, 6.07) is 0. The SMILES string of the molecule is CCCCC/C=C\C/C=C\C/C=C\C/C=C\CCCC(=O)O[C@H](COC(=O)CCCCCCCCCCCCCCC)COP(=O)(O)OC[C@@H](O)COP(=O)(O)OC[C@@H](COC(=O)CCCCCCC/C=C\CCCCCCCC)OC(=O)CCCCCCCCCCCCCCCCCCC. The maximum Gasteiger partial charge on any atom is 0.472 e. The molecule has 0 aromatic carbocycles. The second-order valence-corrected chi connectivity index (χ2v) is 31.0. The van der Waals surface area contributed by atoms with Gasteiger partial charge in [0.05, 0.1) is 26.4 Å². The van der Waals surface area contributed by atoms with E-state index < -0.39 is 97.5 Å². The highest BCUT2D eigenvalue weighted by Crippen LogP contribution is 2.45. The molecule has 0 radical (unpaired) electrons. The molecule has 3 N–H and O–H groups in total. The first-order chi connectivity index (χ1) is 49.7. The highest BCUT2D eigenvalue weighted by Gasteiger charge is 2.30. The normalized spacial score (nSPS) is 14.1. The van der Waals surface area contributed by atoms with Crippen LogP contribution >= 0.6 is 15.6 Å². The molecule has 0 aromatic rings. The summed E-state index contributed by atoms with van der Waals surface area (Å²) >= 11 is 0. The molecule has 0 aliphatic carbocycles. The van der Waals surface area contributed by atoms with Crippen LogP contribution in [0.1, 0.15) is 387 Å². The molecule has 596 valence electrons. The average molecular weight is 1480 g/mol. The lowest BCUT2D eigenvalue weighted by Crippen LogP contribution is -2.30. The zero-order valence-electron chi connectivity index (χ0n) is 65.3. The lowest BCUT2D eigenvalue weighted by Gasteiger charge is -2.21. The molecular formula is C83H152O17P2. The predicted octanol–water partition coefficient (Wildman–Crippen LogP) is 24.2. The van der Waals surface area contributed by atoms with Gasteiger partial charge < -0.3 is 33.8 Å². The minimum atomic E-state index is -4.98. The third-order valence-electron chi connectivity index (χ3n) is 18.0. The maximum absolute atomic E-state index is 13.1. The number of carbonyl (C=O) groups excluding carboxylic acids is 4. The number of aliphatic hydroxyl groups excluding tert-OH is 1. The summed E-state index contributed by atoms with van der Waals surface area (Å²) in [5, 5.41) is 10.6. The molecule has 102 heavy (non-hydrogen) atoms. The van der Waals surface area contributed by atoms with Crippen molar-refractivity contribution in [3.63, 3.8) is 0 Å². The Labute approximate surface area is 622 Å². The molecule has 0 spiro atoms. The number of unbranched alkanes of at least 4 members (excludes halogenated alkanes) is 43. The monoisotopic (exact) mass is 1480 g/mol. The van der Waals surface area contributed by atoms with Crippen LogP contribution in [0.3, 0.4) is 0 Å². The van der Waals surface area contributed by atoms with Crippen LogP contribution < -0.4 is 0 Å². The smallest absolute Gasteiger partial charge is 0.462 e. The van der Waals surface area contributed by atoms with E-state index in [9.17, 15) is 43.2 Å². The molecule has 5 atom stereocenters. The quantitative estimate of drug-likeness (QED) is 0.0169. The van der Waals surface area contributed by atoms with Crippen molar-refractivity contribution in [2.45, 2.75) is 406 Å². The van der Waals surface area contributed by atoms with E-state index in [2.05, 4.69) is 76.3 Å². The summed E-state index contributed by atoms with van der Waals surface area (Å²) < 4.78 is 68.6. The van der Waals surface area contributed by atoms with Crippen LogP contribution in [0.2, 0.25) is 0 Å². The molecule has 0 aliphatic heterocycles. The largest absolute Gasteiger partial charge is 0.472 e. The van der Waals surface area contributed by atoms with Crippen LogP contribution in [0.25, 0.3) is 0 Å². The molecule has 17 nitrogen and oxygen atoms in total. The van der Waals surface area contributed by atoms with Gasteiger partial charge in [0, 0.05) is 25.7 Å². The van der Waals surface area contributed by atoms with Crippen molar-refractivity contribution >= 4 is 39.5 Å². The van der Waals surface area contributed by atoms with E-state index in [1.165, 1.54) is 193 Å². The zero-order chi connectivity index (χ0) is 74.6. The summed E-state index contributed by atoms with van der Waals surface area (Å²) in [4.78, 5) is 73.0. The van der Waals surface area contributed by atoms with Gasteiger partial charge in [-0.15, -0.1) is 0 Å². The lowest BCUT2D eigenvalue weighted by molar-refractivity contribution is -0.161. The molecule has 0 aromatic heterocycles. The van der Waals surface area contributed by atoms with Crippen LogP contribution in [0.15, 0.2) is 60.8 Å². The number of ether oxygens (including phenoxy) is 4. The van der Waals surface area contributed by atoms with Gasteiger partial charge in [0.25, 0.3) is 0 Å². The van der Waals surface area contributed by atoms with E-state index in [4.69, 9.17) is 37.0 Å². The Balaban J connectivity index is 5.37. The lowest BCUT2D eigenvalue weighted by atomic mass is 10.0. The number of phosphoric ester groups is 2. The predicted molar refractivity (Wildman–Crippen MR) is 418 cm³/mol. The first kappa shape index (κ1) is 98.8. The fourth-order valence-corrected chi connectivity index (χ4v) is 13.2. The molecule has 19 heteroatoms. The Kier molecular flexibility index (Phi) is 73.6. The molecule has 2 unspecified atom stereocenters. The van der Waals surface area contributed by atoms with E-state index in [0.717, 1.165) is 109 Å². The molecule has 0 rings (SSSR count). The van der Waals surface area contributed by atoms with Gasteiger partial charge in [0.15, 0.2) is 12.2 Å². The van der Waals surface area contributed by atoms with E-state index in [-0.39, 0.29) is 25.7 Å². The average Bonchev–Trinajstić information content (AvgIpc) is 1.01. The van der Waals surface area contributed by atoms with Crippen LogP contribution in [-0.2, 0) is 65.4 Å². The number of hydrogen-bond acceptors (Lipinski definition) is 15. The second kappa shape index (κ2) is 76.0. The van der Waals surface area contributed by atoms with Crippen molar-refractivity contribution in [2.24, 2.45) is 0 Å². The van der Waals surface area contributed by atoms with Gasteiger partial charge in [-0.3, -0.25) is 37.3 Å². The summed E-state index contributed by atoms with van der Waals surface area (Å²) in [7, 11) is -9.96. The molecule has 0 amide bonds. The fraction of sp³-hybridized carbons (Fsp3) is 0.831. The highest BCUT2D eigenvalue weighted by atomic mass is 31.2. The summed E-state index contributed by atoms with van der Waals surface area (Å²) in [6.07, 6.45) is 76.2. The van der Waals surface area contributed by atoms with Crippen molar-refractivity contribution in [2.75, 3.05) is 39.6 Å². The van der Waals surface area contributed by atoms with Crippen LogP contribution in [0, 0.1) is 0 Å². The standard InChI is InChI=1S/C83H152O17P2/c1-5-9-13-17-21-25-29-33-36-38-41-45-49-53-57-61-65-69-82(87)99-78(73-93-80(85)67-63-59-55-51-47-43-32-28-24-20-16-12-8-4)75-97-101(89,90)95-71-77(84)72-96-102(91,92)98-76-79(74-94-81(86)68-64-60-56-52-48-44-40-35-31-27-23-19-15-11-7-3)100-83(88)70-66-62-58-54-50-46-42-39-37-34-30-26-22-18-14-10-6-2/h21,25,33,35-36,40-41,45,53,57,77-79,84H,5-20,22-24,26-32,34,37-39,42-44,46-52,54-56,58-76H2,1-4H3,(H,89,90)(H,91,92)/b25-21-,36-33-,40-35-,45-41-,57-53-/t77-,78-,79-/m1/s1. The first-order valence-corrected chi connectivity index (χ1v) is 44.5. The van der Waals surface area contributed by atoms with E-state index in [1.54, 1.807) is 0 Å². The Bertz CT molecular complexity index is 2170. The van der Waals surface area contributed by atoms with Crippen molar-refractivity contribution in [1.29, 1.82) is 0 Å². The van der Waals surface area contributed by atoms with E-state index in [1.807, 2.05) is 12.2 Å². The minimum Gasteiger partial charge on any atom is -0.462 e. The van der Waals surface area contributed by atoms with Crippen molar-refractivity contribution < 1.29 is 80.2 Å². The number of esters is 4. The first-order valence-electron chi connectivity index (χ1n) is 41.5. The van der Waals surface area contributed by atoms with Gasteiger partial charge in [-0.25, -0.2) is 9.13 Å². The highest BCUT2D eigenvalue weighted by molar-refractivity contribution is 7.47. The van der Waals surface area contributed by atoms with Gasteiger partial charge >= 0.3 is 39.5 Å². The Morgan fingerprint density at radius 1 is 0.275 bits per heavy atom. The number of rotatable bonds is 79. The Morgan fingerprint density at radius 3 is 0.804 bits per heavy atom. The molecule has 0 saturated heterocycles. The minimum absolute atomic E-state index is 0.0243. The molecule has 0 fully saturated rings. The van der Waals surface area contributed by atoms with Gasteiger partial charge in [0.1, 0.15) is 19.3 Å². The molecular weight excluding hydrogens is 1330 g/mol. The number of hydrogen-bond donors (Lipinski definition) is 3. The zero-order valence-corrected chi connectivity index (χ0v) is 67.1. The van der Waals surface area contributed by atoms with Crippen LogP contribution in [-0.4, -0.2) is 96.7 Å². The van der Waals surface area contributed by atoms with E-state index in [0.29, 0.717) is 32.1 Å². The van der Waals surface area contributed by atoms with Gasteiger partial charge in [-0.2, -0.15) is 0 Å². The number of allylic oxidation sites excluding steroid dienone is 10. The van der Waals surface area contributed by atoms with Crippen LogP contribution in [0.5, 0.6) is 0 Å². The Morgan fingerprint density at radius 2 is 0.490 bits per heavy atom. The number of carbonyl (C=O) groups is 4. The molecule has 0 saturated carbocycles. The number of aliphatic hydroxyl groups is 1. The summed E-state index contributed by atoms with van der Waals surface area (Å²) in [5.41, 5.74) is 0.